The second kappa shape index (κ2) is 10.6. The molecule has 0 unspecified atom stereocenters. The first-order chi connectivity index (χ1) is 17.9. The normalized spacial score (nSPS) is 13.3. The average Bonchev–Trinajstić information content (AvgIpc) is 3.41. The lowest BCUT2D eigenvalue weighted by atomic mass is 10.2. The molecule has 12 nitrogen and oxygen atoms in total. The Morgan fingerprint density at radius 1 is 1.18 bits per heavy atom. The summed E-state index contributed by atoms with van der Waals surface area (Å²) in [6.45, 7) is 0.0333. The fourth-order valence-corrected chi connectivity index (χ4v) is 3.63. The lowest BCUT2D eigenvalue weighted by Gasteiger charge is -2.15. The molecule has 4 rings (SSSR count). The van der Waals surface area contributed by atoms with Gasteiger partial charge in [-0.25, -0.2) is 24.2 Å². The number of rotatable bonds is 8. The molecule has 0 aliphatic heterocycles. The summed E-state index contributed by atoms with van der Waals surface area (Å²) in [5, 5.41) is 18.5. The van der Waals surface area contributed by atoms with Crippen LogP contribution in [-0.4, -0.2) is 57.6 Å². The van der Waals surface area contributed by atoms with Crippen LogP contribution in [0.1, 0.15) is 24.7 Å². The smallest absolute Gasteiger partial charge is 0.416 e. The Hall–Kier alpha value is -4.24. The summed E-state index contributed by atoms with van der Waals surface area (Å²) in [6, 6.07) is 10.9. The van der Waals surface area contributed by atoms with Crippen molar-refractivity contribution < 1.29 is 27.8 Å². The van der Waals surface area contributed by atoms with Crippen molar-refractivity contribution in [2.75, 3.05) is 0 Å². The van der Waals surface area contributed by atoms with Gasteiger partial charge in [-0.2, -0.15) is 17.9 Å². The summed E-state index contributed by atoms with van der Waals surface area (Å²) in [5.41, 5.74) is 4.46. The fraction of sp³-hybridized carbons (Fsp3) is 0.273. The number of aliphatic hydroxyl groups excluding tert-OH is 1. The van der Waals surface area contributed by atoms with Gasteiger partial charge in [0.25, 0.3) is 0 Å². The molecule has 3 N–H and O–H groups in total. The van der Waals surface area contributed by atoms with E-state index in [1.807, 2.05) is 0 Å². The third-order valence-corrected chi connectivity index (χ3v) is 5.50. The average molecular weight is 553 g/mol. The minimum atomic E-state index is -4.96. The van der Waals surface area contributed by atoms with E-state index in [0.717, 1.165) is 4.68 Å². The van der Waals surface area contributed by atoms with Gasteiger partial charge >= 0.3 is 18.0 Å². The molecule has 0 bridgehead atoms. The van der Waals surface area contributed by atoms with Crippen LogP contribution in [0, 0.1) is 0 Å². The van der Waals surface area contributed by atoms with Crippen LogP contribution in [0.4, 0.5) is 18.0 Å². The van der Waals surface area contributed by atoms with Gasteiger partial charge in [0, 0.05) is 16.8 Å². The number of aromatic nitrogens is 7. The number of halogens is 4. The molecule has 3 aromatic heterocycles. The Bertz CT molecular complexity index is 1490. The summed E-state index contributed by atoms with van der Waals surface area (Å²) in [4.78, 5) is 32.9. The summed E-state index contributed by atoms with van der Waals surface area (Å²) >= 11 is 5.91. The molecule has 1 amide bonds. The number of benzene rings is 1. The van der Waals surface area contributed by atoms with Crippen LogP contribution in [0.15, 0.2) is 53.5 Å². The second-order valence-corrected chi connectivity index (χ2v) is 8.44. The number of primary amides is 1. The van der Waals surface area contributed by atoms with Crippen molar-refractivity contribution in [3.05, 3.63) is 75.8 Å². The van der Waals surface area contributed by atoms with E-state index < -0.39 is 36.7 Å². The number of nitrogens with zero attached hydrogens (tertiary/aromatic N) is 7. The number of ether oxygens (including phenoxy) is 1. The van der Waals surface area contributed by atoms with Gasteiger partial charge in [0.05, 0.1) is 6.54 Å². The molecule has 200 valence electrons. The first-order valence-corrected chi connectivity index (χ1v) is 11.3. The van der Waals surface area contributed by atoms with E-state index in [4.69, 9.17) is 22.1 Å². The van der Waals surface area contributed by atoms with E-state index in [1.54, 1.807) is 18.2 Å². The van der Waals surface area contributed by atoms with Crippen molar-refractivity contribution in [3.8, 4) is 17.2 Å². The van der Waals surface area contributed by atoms with Gasteiger partial charge in [-0.15, -0.1) is 10.2 Å². The van der Waals surface area contributed by atoms with E-state index in [9.17, 15) is 27.9 Å². The lowest BCUT2D eigenvalue weighted by Crippen LogP contribution is -2.37. The molecular weight excluding hydrogens is 533 g/mol. The molecule has 0 radical (unpaired) electrons. The Balaban J connectivity index is 1.77. The summed E-state index contributed by atoms with van der Waals surface area (Å²) < 4.78 is 47.1. The van der Waals surface area contributed by atoms with Gasteiger partial charge in [0.2, 0.25) is 0 Å². The minimum Gasteiger partial charge on any atom is -0.438 e. The molecule has 38 heavy (non-hydrogen) atoms. The highest BCUT2D eigenvalue weighted by Crippen LogP contribution is 2.24. The number of alkyl halides is 3. The number of hydrogen-bond acceptors (Lipinski definition) is 8. The van der Waals surface area contributed by atoms with E-state index in [2.05, 4.69) is 20.2 Å². The monoisotopic (exact) mass is 552 g/mol. The maximum absolute atomic E-state index is 13.1. The topological polar surface area (TPSA) is 156 Å². The first-order valence-electron chi connectivity index (χ1n) is 11.0. The van der Waals surface area contributed by atoms with E-state index >= 15 is 0 Å². The zero-order valence-electron chi connectivity index (χ0n) is 19.6. The van der Waals surface area contributed by atoms with Crippen LogP contribution in [0.2, 0.25) is 5.02 Å². The largest absolute Gasteiger partial charge is 0.438 e. The van der Waals surface area contributed by atoms with Gasteiger partial charge in [0.1, 0.15) is 6.54 Å². The van der Waals surface area contributed by atoms with Crippen molar-refractivity contribution in [2.45, 2.75) is 38.4 Å². The number of pyridine rings is 1. The number of aliphatic hydroxyl groups is 1. The summed E-state index contributed by atoms with van der Waals surface area (Å²) in [7, 11) is 0. The molecule has 0 fully saturated rings. The molecular formula is C22H20ClF3N8O4. The maximum Gasteiger partial charge on any atom is 0.416 e. The molecule has 2 atom stereocenters. The highest BCUT2D eigenvalue weighted by Gasteiger charge is 2.39. The third kappa shape index (κ3) is 5.84. The van der Waals surface area contributed by atoms with Crippen LogP contribution in [0.5, 0.6) is 0 Å². The van der Waals surface area contributed by atoms with Crippen LogP contribution in [0.3, 0.4) is 0 Å². The van der Waals surface area contributed by atoms with Crippen molar-refractivity contribution in [1.29, 1.82) is 0 Å². The van der Waals surface area contributed by atoms with Crippen LogP contribution < -0.4 is 11.4 Å². The number of carbonyl (C=O) groups excluding carboxylic acids is 1. The highest BCUT2D eigenvalue weighted by molar-refractivity contribution is 6.30. The zero-order chi connectivity index (χ0) is 27.6. The number of nitrogens with two attached hydrogens (primary N) is 1. The molecule has 0 saturated heterocycles. The molecule has 0 saturated carbocycles. The molecule has 0 aliphatic carbocycles. The Labute approximate surface area is 217 Å². The lowest BCUT2D eigenvalue weighted by molar-refractivity contribution is -0.207. The number of amides is 1. The van der Waals surface area contributed by atoms with Crippen molar-refractivity contribution >= 4 is 17.7 Å². The fourth-order valence-electron chi connectivity index (χ4n) is 3.50. The van der Waals surface area contributed by atoms with Gasteiger partial charge in [-0.3, -0.25) is 4.57 Å². The van der Waals surface area contributed by atoms with Gasteiger partial charge < -0.3 is 15.6 Å². The third-order valence-electron chi connectivity index (χ3n) is 5.25. The zero-order valence-corrected chi connectivity index (χ0v) is 20.3. The molecule has 4 aromatic rings. The summed E-state index contributed by atoms with van der Waals surface area (Å²) in [5.74, 6) is 0.311. The molecule has 0 spiro atoms. The number of carbonyl (C=O) groups is 1. The Kier molecular flexibility index (Phi) is 7.50. The van der Waals surface area contributed by atoms with Gasteiger partial charge in [-0.1, -0.05) is 17.7 Å². The minimum absolute atomic E-state index is 0.0105. The second-order valence-electron chi connectivity index (χ2n) is 8.00. The van der Waals surface area contributed by atoms with Gasteiger partial charge in [-0.05, 0) is 43.3 Å². The van der Waals surface area contributed by atoms with Crippen LogP contribution in [-0.2, 0) is 17.8 Å². The highest BCUT2D eigenvalue weighted by atomic mass is 35.5. The van der Waals surface area contributed by atoms with Gasteiger partial charge in [0.15, 0.2) is 35.5 Å². The summed E-state index contributed by atoms with van der Waals surface area (Å²) in [6.07, 6.45) is -8.30. The molecule has 3 heterocycles. The Morgan fingerprint density at radius 2 is 1.89 bits per heavy atom. The van der Waals surface area contributed by atoms with Crippen molar-refractivity contribution in [1.82, 2.24) is 34.1 Å². The maximum atomic E-state index is 13.1. The van der Waals surface area contributed by atoms with E-state index in [0.29, 0.717) is 15.4 Å². The molecule has 1 aromatic carbocycles. The molecule has 0 aliphatic rings. The van der Waals surface area contributed by atoms with Crippen LogP contribution in [0.25, 0.3) is 17.2 Å². The van der Waals surface area contributed by atoms with Crippen molar-refractivity contribution in [2.24, 2.45) is 5.73 Å². The first kappa shape index (κ1) is 26.8. The quantitative estimate of drug-likeness (QED) is 0.337. The molecule has 16 heteroatoms. The standard InChI is InChI=1S/C22H20ClF3N8O4/c1-12(38-20(27)36)18-29-16(30-34(18)17-4-2-3-9-28-17)11-33-21(37)32(10-15(35)22(24,25)26)19(31-33)13-5-7-14(23)8-6-13/h2-9,12,15,35H,10-11H2,1H3,(H2,27,36)/t12-,15-/m0/s1. The SMILES string of the molecule is C[C@H](OC(N)=O)c1nc(Cn2nc(-c3ccc(Cl)cc3)n(C[C@H](O)C(F)(F)F)c2=O)nn1-c1ccccn1. The van der Waals surface area contributed by atoms with Crippen molar-refractivity contribution in [3.63, 3.8) is 0 Å². The predicted molar refractivity (Wildman–Crippen MR) is 126 cm³/mol. The predicted octanol–water partition coefficient (Wildman–Crippen LogP) is 2.47. The Morgan fingerprint density at radius 3 is 2.50 bits per heavy atom. The van der Waals surface area contributed by atoms with Crippen LogP contribution >= 0.6 is 11.6 Å². The van der Waals surface area contributed by atoms with E-state index in [1.165, 1.54) is 42.1 Å². The number of hydrogen-bond donors (Lipinski definition) is 2. The van der Waals surface area contributed by atoms with E-state index in [-0.39, 0.29) is 29.6 Å².